The van der Waals surface area contributed by atoms with E-state index in [9.17, 15) is 0 Å². The zero-order valence-electron chi connectivity index (χ0n) is 27.9. The number of alkyl halides is 2. The molecular weight excluding hydrogens is 575 g/mol. The first kappa shape index (κ1) is 38.1. The number of hydrogen-bond donors (Lipinski definition) is 0. The number of hydrogen-bond acceptors (Lipinski definition) is 3. The summed E-state index contributed by atoms with van der Waals surface area (Å²) >= 11 is 12.5. The summed E-state index contributed by atoms with van der Waals surface area (Å²) in [6.45, 7) is 14.6. The summed E-state index contributed by atoms with van der Waals surface area (Å²) in [5, 5.41) is 0.472. The third kappa shape index (κ3) is 19.1. The lowest BCUT2D eigenvalue weighted by atomic mass is 9.90. The molecule has 244 valence electrons. The molecule has 0 bridgehead atoms. The number of benzene rings is 2. The highest BCUT2D eigenvalue weighted by molar-refractivity contribution is 6.20. The van der Waals surface area contributed by atoms with Crippen LogP contribution < -0.4 is 0 Å². The van der Waals surface area contributed by atoms with Crippen molar-refractivity contribution in [3.63, 3.8) is 0 Å². The van der Waals surface area contributed by atoms with Crippen LogP contribution in [0.25, 0.3) is 0 Å². The van der Waals surface area contributed by atoms with Gasteiger partial charge in [0.05, 0.1) is 13.2 Å². The second-order valence-electron chi connectivity index (χ2n) is 13.4. The SMILES string of the molecule is CC(Cl)CC(C)CC(C)CCCC(OCc1ccccc1)OC(CCCC(C)CC(C)CC(C)Cl)OCc1ccccc1. The molecular formula is C38H60Cl2O3. The van der Waals surface area contributed by atoms with Crippen LogP contribution in [-0.2, 0) is 27.4 Å². The molecule has 0 saturated carbocycles. The van der Waals surface area contributed by atoms with Crippen molar-refractivity contribution in [1.29, 1.82) is 0 Å². The van der Waals surface area contributed by atoms with E-state index >= 15 is 0 Å². The monoisotopic (exact) mass is 634 g/mol. The summed E-state index contributed by atoms with van der Waals surface area (Å²) in [6.07, 6.45) is 10.1. The molecule has 2 rings (SSSR count). The second-order valence-corrected chi connectivity index (χ2v) is 14.9. The van der Waals surface area contributed by atoms with Gasteiger partial charge in [-0.15, -0.1) is 23.2 Å². The van der Waals surface area contributed by atoms with Crippen molar-refractivity contribution in [1.82, 2.24) is 0 Å². The van der Waals surface area contributed by atoms with E-state index < -0.39 is 0 Å². The number of ether oxygens (including phenoxy) is 3. The molecule has 0 radical (unpaired) electrons. The van der Waals surface area contributed by atoms with Gasteiger partial charge in [0.25, 0.3) is 0 Å². The predicted octanol–water partition coefficient (Wildman–Crippen LogP) is 11.8. The fraction of sp³-hybridized carbons (Fsp3) is 0.684. The molecule has 3 nitrogen and oxygen atoms in total. The van der Waals surface area contributed by atoms with E-state index in [1.54, 1.807) is 0 Å². The summed E-state index contributed by atoms with van der Waals surface area (Å²) in [4.78, 5) is 0. The Morgan fingerprint density at radius 3 is 1.21 bits per heavy atom. The van der Waals surface area contributed by atoms with Crippen LogP contribution >= 0.6 is 23.2 Å². The lowest BCUT2D eigenvalue weighted by molar-refractivity contribution is -0.257. The Morgan fingerprint density at radius 2 is 0.860 bits per heavy atom. The largest absolute Gasteiger partial charge is 0.348 e. The van der Waals surface area contributed by atoms with Crippen LogP contribution in [0.1, 0.15) is 117 Å². The molecule has 2 aromatic rings. The van der Waals surface area contributed by atoms with Crippen LogP contribution in [0.4, 0.5) is 0 Å². The van der Waals surface area contributed by atoms with Crippen molar-refractivity contribution in [2.45, 2.75) is 142 Å². The van der Waals surface area contributed by atoms with Crippen LogP contribution in [0.5, 0.6) is 0 Å². The normalized spacial score (nSPS) is 17.5. The Balaban J connectivity index is 1.99. The molecule has 0 saturated heterocycles. The Bertz CT molecular complexity index is 848. The molecule has 0 N–H and O–H groups in total. The van der Waals surface area contributed by atoms with E-state index in [4.69, 9.17) is 37.4 Å². The first-order valence-corrected chi connectivity index (χ1v) is 17.7. The van der Waals surface area contributed by atoms with E-state index in [1.807, 2.05) is 12.1 Å². The van der Waals surface area contributed by atoms with Crippen molar-refractivity contribution >= 4 is 23.2 Å². The van der Waals surface area contributed by atoms with Gasteiger partial charge in [-0.3, -0.25) is 0 Å². The minimum atomic E-state index is -0.309. The molecule has 2 aromatic carbocycles. The maximum Gasteiger partial charge on any atom is 0.161 e. The first-order valence-electron chi connectivity index (χ1n) is 16.8. The predicted molar refractivity (Wildman–Crippen MR) is 185 cm³/mol. The Labute approximate surface area is 274 Å². The Morgan fingerprint density at radius 1 is 0.488 bits per heavy atom. The van der Waals surface area contributed by atoms with Gasteiger partial charge in [0, 0.05) is 10.8 Å². The van der Waals surface area contributed by atoms with Gasteiger partial charge < -0.3 is 14.2 Å². The molecule has 5 heteroatoms. The summed E-state index contributed by atoms with van der Waals surface area (Å²) in [5.74, 6) is 2.58. The van der Waals surface area contributed by atoms with Gasteiger partial charge in [-0.1, -0.05) is 101 Å². The van der Waals surface area contributed by atoms with Crippen LogP contribution in [0.3, 0.4) is 0 Å². The van der Waals surface area contributed by atoms with Gasteiger partial charge in [0.15, 0.2) is 12.6 Å². The third-order valence-corrected chi connectivity index (χ3v) is 8.55. The second kappa shape index (κ2) is 22.4. The standard InChI is InChI=1S/C38H60Cl2O3/c1-29(23-31(3)25-33(5)39)15-13-21-37(41-27-35-17-9-7-10-18-35)43-38(42-28-36-19-11-8-12-20-36)22-14-16-30(2)24-32(4)26-34(6)40/h7-12,17-20,29-34,37-38H,13-16,21-28H2,1-6H3. The maximum absolute atomic E-state index is 6.65. The molecule has 0 heterocycles. The van der Waals surface area contributed by atoms with Crippen LogP contribution in [0, 0.1) is 23.7 Å². The smallest absolute Gasteiger partial charge is 0.161 e. The average Bonchev–Trinajstić information content (AvgIpc) is 2.94. The van der Waals surface area contributed by atoms with E-state index in [1.165, 1.54) is 12.8 Å². The van der Waals surface area contributed by atoms with Gasteiger partial charge in [-0.05, 0) is 100 Å². The van der Waals surface area contributed by atoms with E-state index in [2.05, 4.69) is 90.1 Å². The van der Waals surface area contributed by atoms with Gasteiger partial charge in [0.2, 0.25) is 0 Å². The Hall–Kier alpha value is -1.10. The molecule has 0 aliphatic heterocycles. The molecule has 0 spiro atoms. The van der Waals surface area contributed by atoms with Gasteiger partial charge in [-0.2, -0.15) is 0 Å². The van der Waals surface area contributed by atoms with E-state index in [0.29, 0.717) is 36.9 Å². The lowest BCUT2D eigenvalue weighted by Crippen LogP contribution is -2.27. The van der Waals surface area contributed by atoms with Crippen molar-refractivity contribution in [3.8, 4) is 0 Å². The zero-order valence-corrected chi connectivity index (χ0v) is 29.4. The highest BCUT2D eigenvalue weighted by Crippen LogP contribution is 2.26. The van der Waals surface area contributed by atoms with Gasteiger partial charge >= 0.3 is 0 Å². The van der Waals surface area contributed by atoms with Crippen molar-refractivity contribution in [3.05, 3.63) is 71.8 Å². The number of rotatable bonds is 24. The van der Waals surface area contributed by atoms with Crippen molar-refractivity contribution in [2.24, 2.45) is 23.7 Å². The zero-order chi connectivity index (χ0) is 31.5. The Kier molecular flexibility index (Phi) is 19.9. The molecule has 8 unspecified atom stereocenters. The molecule has 0 aliphatic carbocycles. The molecule has 0 fully saturated rings. The van der Waals surface area contributed by atoms with Crippen LogP contribution in [-0.4, -0.2) is 23.3 Å². The highest BCUT2D eigenvalue weighted by Gasteiger charge is 2.20. The fourth-order valence-electron chi connectivity index (χ4n) is 6.25. The summed E-state index contributed by atoms with van der Waals surface area (Å²) in [7, 11) is 0. The highest BCUT2D eigenvalue weighted by atomic mass is 35.5. The van der Waals surface area contributed by atoms with E-state index in [0.717, 1.165) is 62.5 Å². The third-order valence-electron chi connectivity index (χ3n) is 8.20. The van der Waals surface area contributed by atoms with Gasteiger partial charge in [0.1, 0.15) is 0 Å². The molecule has 0 aliphatic rings. The van der Waals surface area contributed by atoms with Crippen molar-refractivity contribution < 1.29 is 14.2 Å². The minimum absolute atomic E-state index is 0.236. The quantitative estimate of drug-likeness (QED) is 0.0848. The van der Waals surface area contributed by atoms with Crippen LogP contribution in [0.15, 0.2) is 60.7 Å². The molecule has 43 heavy (non-hydrogen) atoms. The molecule has 0 amide bonds. The topological polar surface area (TPSA) is 27.7 Å². The average molecular weight is 636 g/mol. The summed E-state index contributed by atoms with van der Waals surface area (Å²) in [6, 6.07) is 20.7. The molecule has 0 aromatic heterocycles. The maximum atomic E-state index is 6.65. The van der Waals surface area contributed by atoms with Crippen LogP contribution in [0.2, 0.25) is 0 Å². The fourth-order valence-corrected chi connectivity index (χ4v) is 6.86. The summed E-state index contributed by atoms with van der Waals surface area (Å²) < 4.78 is 19.5. The summed E-state index contributed by atoms with van der Waals surface area (Å²) in [5.41, 5.74) is 2.31. The van der Waals surface area contributed by atoms with E-state index in [-0.39, 0.29) is 23.3 Å². The van der Waals surface area contributed by atoms with Gasteiger partial charge in [-0.25, -0.2) is 0 Å². The molecule has 8 atom stereocenters. The lowest BCUT2D eigenvalue weighted by Gasteiger charge is -2.27. The van der Waals surface area contributed by atoms with Crippen molar-refractivity contribution in [2.75, 3.05) is 0 Å². The number of halogens is 2. The minimum Gasteiger partial charge on any atom is -0.348 e. The first-order chi connectivity index (χ1) is 20.6.